The van der Waals surface area contributed by atoms with Gasteiger partial charge in [0.2, 0.25) is 0 Å². The van der Waals surface area contributed by atoms with Crippen molar-refractivity contribution >= 4 is 22.8 Å². The van der Waals surface area contributed by atoms with E-state index in [0.717, 1.165) is 30.3 Å². The smallest absolute Gasteiger partial charge is 0.307 e. The molecule has 1 N–H and O–H groups in total. The van der Waals surface area contributed by atoms with E-state index in [-0.39, 0.29) is 24.8 Å². The van der Waals surface area contributed by atoms with Gasteiger partial charge in [0.25, 0.3) is 5.91 Å². The molecule has 0 aliphatic carbocycles. The van der Waals surface area contributed by atoms with Crippen molar-refractivity contribution in [2.24, 2.45) is 0 Å². The van der Waals surface area contributed by atoms with Crippen LogP contribution in [-0.4, -0.2) is 30.1 Å². The van der Waals surface area contributed by atoms with E-state index in [1.54, 1.807) is 0 Å². The molecule has 0 fully saturated rings. The molecule has 2 aromatic rings. The molecule has 5 heteroatoms. The Hall–Kier alpha value is -2.30. The van der Waals surface area contributed by atoms with Crippen molar-refractivity contribution in [2.45, 2.75) is 32.7 Å². The number of methoxy groups -OCH3 is 1. The van der Waals surface area contributed by atoms with Crippen LogP contribution in [0.3, 0.4) is 0 Å². The molecule has 0 radical (unpaired) electrons. The highest BCUT2D eigenvalue weighted by Crippen LogP contribution is 2.21. The van der Waals surface area contributed by atoms with E-state index >= 15 is 0 Å². The molecule has 0 atom stereocenters. The molecule has 0 unspecified atom stereocenters. The summed E-state index contributed by atoms with van der Waals surface area (Å²) in [5, 5.41) is 3.71. The van der Waals surface area contributed by atoms with Crippen LogP contribution in [0.1, 0.15) is 36.5 Å². The number of fused-ring (bicyclic) bond motifs is 1. The minimum Gasteiger partial charge on any atom is -0.469 e. The van der Waals surface area contributed by atoms with Crippen molar-refractivity contribution in [1.29, 1.82) is 0 Å². The highest BCUT2D eigenvalue weighted by Gasteiger charge is 2.14. The topological polar surface area (TPSA) is 60.3 Å². The molecule has 2 rings (SSSR count). The number of carbonyl (C=O) groups excluding carboxylic acids is 2. The number of aromatic nitrogens is 1. The molecule has 0 saturated heterocycles. The molecule has 0 saturated carbocycles. The molecular weight excluding hydrogens is 280 g/mol. The van der Waals surface area contributed by atoms with Crippen LogP contribution in [0.5, 0.6) is 0 Å². The van der Waals surface area contributed by atoms with Crippen LogP contribution in [0.25, 0.3) is 10.9 Å². The van der Waals surface area contributed by atoms with Gasteiger partial charge in [-0.25, -0.2) is 0 Å². The summed E-state index contributed by atoms with van der Waals surface area (Å²) in [7, 11) is 1.34. The molecule has 0 aliphatic rings. The highest BCUT2D eigenvalue weighted by atomic mass is 16.5. The lowest BCUT2D eigenvalue weighted by Crippen LogP contribution is -2.26. The fourth-order valence-electron chi connectivity index (χ4n) is 2.42. The van der Waals surface area contributed by atoms with Gasteiger partial charge in [-0.05, 0) is 12.5 Å². The van der Waals surface area contributed by atoms with Crippen molar-refractivity contribution in [1.82, 2.24) is 9.88 Å². The van der Waals surface area contributed by atoms with E-state index in [2.05, 4.69) is 21.5 Å². The van der Waals surface area contributed by atoms with Crippen LogP contribution in [0.4, 0.5) is 0 Å². The molecule has 5 nitrogen and oxygen atoms in total. The second kappa shape index (κ2) is 7.64. The van der Waals surface area contributed by atoms with Crippen LogP contribution in [0.15, 0.2) is 30.5 Å². The number of nitrogens with one attached hydrogen (secondary N) is 1. The van der Waals surface area contributed by atoms with Crippen molar-refractivity contribution in [3.8, 4) is 0 Å². The van der Waals surface area contributed by atoms with Crippen LogP contribution < -0.4 is 5.32 Å². The third-order valence-corrected chi connectivity index (χ3v) is 3.63. The standard InChI is InChI=1S/C17H22N2O3/c1-3-4-11-19-12-14(13-7-5-6-8-15(13)19)17(21)18-10-9-16(20)22-2/h5-8,12H,3-4,9-11H2,1-2H3,(H,18,21). The lowest BCUT2D eigenvalue weighted by atomic mass is 10.1. The summed E-state index contributed by atoms with van der Waals surface area (Å²) in [6.45, 7) is 3.32. The zero-order valence-electron chi connectivity index (χ0n) is 13.1. The molecule has 0 aliphatic heterocycles. The predicted octanol–water partition coefficient (Wildman–Crippen LogP) is 2.73. The number of hydrogen-bond donors (Lipinski definition) is 1. The van der Waals surface area contributed by atoms with Crippen LogP contribution in [-0.2, 0) is 16.1 Å². The first-order valence-electron chi connectivity index (χ1n) is 7.60. The predicted molar refractivity (Wildman–Crippen MR) is 85.8 cm³/mol. The fraction of sp³-hybridized carbons (Fsp3) is 0.412. The maximum atomic E-state index is 12.3. The fourth-order valence-corrected chi connectivity index (χ4v) is 2.42. The Balaban J connectivity index is 2.16. The number of nitrogens with zero attached hydrogens (tertiary/aromatic N) is 1. The van der Waals surface area contributed by atoms with Gasteiger partial charge < -0.3 is 14.6 Å². The zero-order valence-corrected chi connectivity index (χ0v) is 13.1. The summed E-state index contributed by atoms with van der Waals surface area (Å²) in [5.74, 6) is -0.485. The maximum Gasteiger partial charge on any atom is 0.307 e. The second-order valence-corrected chi connectivity index (χ2v) is 5.19. The van der Waals surface area contributed by atoms with Crippen molar-refractivity contribution in [2.75, 3.05) is 13.7 Å². The number of carbonyl (C=O) groups is 2. The Labute approximate surface area is 130 Å². The minimum atomic E-state index is -0.328. The number of amides is 1. The van der Waals surface area contributed by atoms with Gasteiger partial charge in [0.15, 0.2) is 0 Å². The first kappa shape index (κ1) is 16.1. The Bertz CT molecular complexity index is 661. The lowest BCUT2D eigenvalue weighted by Gasteiger charge is -2.03. The van der Waals surface area contributed by atoms with Crippen molar-refractivity contribution < 1.29 is 14.3 Å². The molecule has 1 heterocycles. The second-order valence-electron chi connectivity index (χ2n) is 5.19. The molecule has 118 valence electrons. The van der Waals surface area contributed by atoms with Gasteiger partial charge in [0.05, 0.1) is 19.1 Å². The number of rotatable bonds is 7. The number of ether oxygens (including phenoxy) is 1. The van der Waals surface area contributed by atoms with Crippen molar-refractivity contribution in [3.05, 3.63) is 36.0 Å². The normalized spacial score (nSPS) is 10.6. The quantitative estimate of drug-likeness (QED) is 0.800. The van der Waals surface area contributed by atoms with E-state index in [9.17, 15) is 9.59 Å². The van der Waals surface area contributed by atoms with Crippen LogP contribution >= 0.6 is 0 Å². The molecule has 1 aromatic heterocycles. The Kier molecular flexibility index (Phi) is 5.58. The largest absolute Gasteiger partial charge is 0.469 e. The molecule has 0 bridgehead atoms. The monoisotopic (exact) mass is 302 g/mol. The van der Waals surface area contributed by atoms with E-state index in [1.165, 1.54) is 7.11 Å². The van der Waals surface area contributed by atoms with E-state index in [0.29, 0.717) is 5.56 Å². The van der Waals surface area contributed by atoms with E-state index in [1.807, 2.05) is 30.5 Å². The van der Waals surface area contributed by atoms with Gasteiger partial charge in [-0.3, -0.25) is 9.59 Å². The number of esters is 1. The first-order chi connectivity index (χ1) is 10.7. The van der Waals surface area contributed by atoms with Gasteiger partial charge in [-0.1, -0.05) is 31.5 Å². The first-order valence-corrected chi connectivity index (χ1v) is 7.60. The number of hydrogen-bond acceptors (Lipinski definition) is 3. The summed E-state index contributed by atoms with van der Waals surface area (Å²) >= 11 is 0. The Morgan fingerprint density at radius 3 is 2.77 bits per heavy atom. The number of unbranched alkanes of at least 4 members (excludes halogenated alkanes) is 1. The SMILES string of the molecule is CCCCn1cc(C(=O)NCCC(=O)OC)c2ccccc21. The average Bonchev–Trinajstić information content (AvgIpc) is 2.91. The third kappa shape index (κ3) is 3.67. The Morgan fingerprint density at radius 2 is 2.05 bits per heavy atom. The molecular formula is C17H22N2O3. The third-order valence-electron chi connectivity index (χ3n) is 3.63. The summed E-state index contributed by atoms with van der Waals surface area (Å²) in [5.41, 5.74) is 1.71. The van der Waals surface area contributed by atoms with Crippen molar-refractivity contribution in [3.63, 3.8) is 0 Å². The van der Waals surface area contributed by atoms with Gasteiger partial charge in [-0.2, -0.15) is 0 Å². The Morgan fingerprint density at radius 1 is 1.27 bits per heavy atom. The number of aryl methyl sites for hydroxylation is 1. The number of para-hydroxylation sites is 1. The average molecular weight is 302 g/mol. The summed E-state index contributed by atoms with van der Waals surface area (Å²) in [6, 6.07) is 7.88. The van der Waals surface area contributed by atoms with Crippen LogP contribution in [0.2, 0.25) is 0 Å². The van der Waals surface area contributed by atoms with Gasteiger partial charge in [0.1, 0.15) is 0 Å². The zero-order chi connectivity index (χ0) is 15.9. The summed E-state index contributed by atoms with van der Waals surface area (Å²) in [6.07, 6.45) is 4.25. The summed E-state index contributed by atoms with van der Waals surface area (Å²) < 4.78 is 6.68. The van der Waals surface area contributed by atoms with Gasteiger partial charge in [0, 0.05) is 30.2 Å². The van der Waals surface area contributed by atoms with Crippen LogP contribution in [0, 0.1) is 0 Å². The molecule has 1 aromatic carbocycles. The molecule has 22 heavy (non-hydrogen) atoms. The summed E-state index contributed by atoms with van der Waals surface area (Å²) in [4.78, 5) is 23.4. The van der Waals surface area contributed by atoms with E-state index in [4.69, 9.17) is 0 Å². The van der Waals surface area contributed by atoms with E-state index < -0.39 is 0 Å². The lowest BCUT2D eigenvalue weighted by molar-refractivity contribution is -0.140. The minimum absolute atomic E-state index is 0.157. The number of benzene rings is 1. The molecule has 0 spiro atoms. The highest BCUT2D eigenvalue weighted by molar-refractivity contribution is 6.07. The van der Waals surface area contributed by atoms with Gasteiger partial charge in [-0.15, -0.1) is 0 Å². The molecule has 1 amide bonds. The van der Waals surface area contributed by atoms with Gasteiger partial charge >= 0.3 is 5.97 Å². The maximum absolute atomic E-state index is 12.3.